The summed E-state index contributed by atoms with van der Waals surface area (Å²) < 4.78 is 0. The summed E-state index contributed by atoms with van der Waals surface area (Å²) in [7, 11) is 0. The van der Waals surface area contributed by atoms with Crippen LogP contribution in [0.15, 0.2) is 41.1 Å². The Hall–Kier alpha value is -1.98. The minimum absolute atomic E-state index is 0.101. The Bertz CT molecular complexity index is 806. The number of amides is 1. The fourth-order valence-corrected chi connectivity index (χ4v) is 4.11. The Morgan fingerprint density at radius 1 is 1.14 bits per heavy atom. The van der Waals surface area contributed by atoms with Gasteiger partial charge in [0, 0.05) is 23.1 Å². The van der Waals surface area contributed by atoms with Gasteiger partial charge in [0.2, 0.25) is 5.91 Å². The quantitative estimate of drug-likeness (QED) is 0.761. The van der Waals surface area contributed by atoms with Gasteiger partial charge in [0.05, 0.1) is 10.6 Å². The first kappa shape index (κ1) is 12.7. The van der Waals surface area contributed by atoms with Crippen LogP contribution in [0.4, 0.5) is 5.69 Å². The molecule has 3 aromatic rings. The number of hydrogen-bond donors (Lipinski definition) is 1. The lowest BCUT2D eigenvalue weighted by Gasteiger charge is -2.17. The molecule has 5 heteroatoms. The zero-order valence-electron chi connectivity index (χ0n) is 11.1. The van der Waals surface area contributed by atoms with Crippen LogP contribution >= 0.6 is 22.7 Å². The van der Waals surface area contributed by atoms with E-state index in [1.165, 1.54) is 10.4 Å². The number of nitrogens with one attached hydrogen (secondary N) is 1. The minimum atomic E-state index is 0.101. The Morgan fingerprint density at radius 2 is 2.10 bits per heavy atom. The van der Waals surface area contributed by atoms with Crippen LogP contribution in [0.5, 0.6) is 0 Å². The molecule has 21 heavy (non-hydrogen) atoms. The van der Waals surface area contributed by atoms with Gasteiger partial charge in [-0.15, -0.1) is 22.7 Å². The highest BCUT2D eigenvalue weighted by Gasteiger charge is 2.16. The summed E-state index contributed by atoms with van der Waals surface area (Å²) in [6.07, 6.45) is 1.37. The molecule has 0 aliphatic carbocycles. The number of nitrogens with zero attached hydrogens (tertiary/aromatic N) is 1. The summed E-state index contributed by atoms with van der Waals surface area (Å²) in [5.74, 6) is 0.101. The molecule has 1 amide bonds. The minimum Gasteiger partial charge on any atom is -0.326 e. The van der Waals surface area contributed by atoms with Crippen LogP contribution in [0.3, 0.4) is 0 Å². The highest BCUT2D eigenvalue weighted by atomic mass is 32.1. The lowest BCUT2D eigenvalue weighted by Crippen LogP contribution is -2.18. The molecule has 1 aliphatic rings. The first-order chi connectivity index (χ1) is 10.3. The van der Waals surface area contributed by atoms with Crippen molar-refractivity contribution in [1.82, 2.24) is 4.98 Å². The van der Waals surface area contributed by atoms with Gasteiger partial charge in [0.1, 0.15) is 5.01 Å². The van der Waals surface area contributed by atoms with E-state index < -0.39 is 0 Å². The Labute approximate surface area is 130 Å². The van der Waals surface area contributed by atoms with E-state index in [1.54, 1.807) is 22.7 Å². The summed E-state index contributed by atoms with van der Waals surface area (Å²) in [5, 5.41) is 8.14. The average Bonchev–Trinajstić information content (AvgIpc) is 3.17. The number of carbonyl (C=O) groups is 1. The Balaban J connectivity index is 1.69. The Morgan fingerprint density at radius 3 is 2.95 bits per heavy atom. The average molecular weight is 312 g/mol. The van der Waals surface area contributed by atoms with Crippen molar-refractivity contribution in [2.75, 3.05) is 5.32 Å². The number of aromatic nitrogens is 1. The number of benzene rings is 1. The maximum Gasteiger partial charge on any atom is 0.224 e. The standard InChI is InChI=1S/C16H12N2OS2/c19-15-6-4-10-8-11(3-5-12(10)17-15)13-9-21-16(18-13)14-2-1-7-20-14/h1-3,5,7-9H,4,6H2,(H,17,19). The molecule has 0 unspecified atom stereocenters. The monoisotopic (exact) mass is 312 g/mol. The molecule has 0 bridgehead atoms. The highest BCUT2D eigenvalue weighted by molar-refractivity contribution is 7.20. The van der Waals surface area contributed by atoms with Crippen LogP contribution in [-0.2, 0) is 11.2 Å². The van der Waals surface area contributed by atoms with Gasteiger partial charge < -0.3 is 5.32 Å². The summed E-state index contributed by atoms with van der Waals surface area (Å²) in [6.45, 7) is 0. The summed E-state index contributed by atoms with van der Waals surface area (Å²) in [6, 6.07) is 10.3. The van der Waals surface area contributed by atoms with E-state index in [1.807, 2.05) is 18.2 Å². The van der Waals surface area contributed by atoms with Gasteiger partial charge in [-0.3, -0.25) is 4.79 Å². The summed E-state index contributed by atoms with van der Waals surface area (Å²) in [4.78, 5) is 17.3. The number of thiophene rings is 1. The van der Waals surface area contributed by atoms with E-state index in [-0.39, 0.29) is 5.91 Å². The van der Waals surface area contributed by atoms with Crippen LogP contribution in [0.1, 0.15) is 12.0 Å². The number of anilines is 1. The number of carbonyl (C=O) groups excluding carboxylic acids is 1. The number of hydrogen-bond acceptors (Lipinski definition) is 4. The molecule has 1 aliphatic heterocycles. The predicted molar refractivity (Wildman–Crippen MR) is 87.8 cm³/mol. The smallest absolute Gasteiger partial charge is 0.224 e. The van der Waals surface area contributed by atoms with Crippen LogP contribution in [-0.4, -0.2) is 10.9 Å². The van der Waals surface area contributed by atoms with E-state index >= 15 is 0 Å². The SMILES string of the molecule is O=C1CCc2cc(-c3csc(-c4cccs4)n3)ccc2N1. The Kier molecular flexibility index (Phi) is 3.09. The van der Waals surface area contributed by atoms with Crippen molar-refractivity contribution >= 4 is 34.3 Å². The van der Waals surface area contributed by atoms with Crippen molar-refractivity contribution in [2.24, 2.45) is 0 Å². The van der Waals surface area contributed by atoms with E-state index in [0.29, 0.717) is 6.42 Å². The van der Waals surface area contributed by atoms with Crippen molar-refractivity contribution < 1.29 is 4.79 Å². The molecule has 0 fully saturated rings. The molecule has 1 aromatic carbocycles. The molecule has 0 saturated heterocycles. The second-order valence-electron chi connectivity index (χ2n) is 4.94. The number of rotatable bonds is 2. The zero-order valence-corrected chi connectivity index (χ0v) is 12.8. The van der Waals surface area contributed by atoms with Crippen LogP contribution in [0, 0.1) is 0 Å². The predicted octanol–water partition coefficient (Wildman–Crippen LogP) is 4.42. The topological polar surface area (TPSA) is 42.0 Å². The molecule has 4 rings (SSSR count). The fraction of sp³-hybridized carbons (Fsp3) is 0.125. The van der Waals surface area contributed by atoms with Crippen molar-refractivity contribution in [3.63, 3.8) is 0 Å². The zero-order chi connectivity index (χ0) is 14.2. The molecular formula is C16H12N2OS2. The van der Waals surface area contributed by atoms with Gasteiger partial charge in [0.15, 0.2) is 0 Å². The molecule has 0 radical (unpaired) electrons. The maximum absolute atomic E-state index is 11.4. The molecule has 0 saturated carbocycles. The van der Waals surface area contributed by atoms with Crippen molar-refractivity contribution in [2.45, 2.75) is 12.8 Å². The van der Waals surface area contributed by atoms with Crippen LogP contribution < -0.4 is 5.32 Å². The molecule has 3 heterocycles. The fourth-order valence-electron chi connectivity index (χ4n) is 2.46. The second kappa shape index (κ2) is 5.09. The molecule has 0 spiro atoms. The van der Waals surface area contributed by atoms with E-state index in [9.17, 15) is 4.79 Å². The lowest BCUT2D eigenvalue weighted by atomic mass is 9.99. The van der Waals surface area contributed by atoms with Crippen LogP contribution in [0.2, 0.25) is 0 Å². The maximum atomic E-state index is 11.4. The first-order valence-electron chi connectivity index (χ1n) is 6.72. The summed E-state index contributed by atoms with van der Waals surface area (Å²) >= 11 is 3.38. The van der Waals surface area contributed by atoms with Gasteiger partial charge in [-0.05, 0) is 35.6 Å². The molecule has 0 atom stereocenters. The third-order valence-corrected chi connectivity index (χ3v) is 5.41. The molecular weight excluding hydrogens is 300 g/mol. The molecule has 104 valence electrons. The van der Waals surface area contributed by atoms with Gasteiger partial charge in [-0.2, -0.15) is 0 Å². The third kappa shape index (κ3) is 2.39. The number of thiazole rings is 1. The highest BCUT2D eigenvalue weighted by Crippen LogP contribution is 2.33. The van der Waals surface area contributed by atoms with Gasteiger partial charge in [-0.1, -0.05) is 12.1 Å². The second-order valence-corrected chi connectivity index (χ2v) is 6.74. The van der Waals surface area contributed by atoms with Gasteiger partial charge in [-0.25, -0.2) is 4.98 Å². The van der Waals surface area contributed by atoms with Gasteiger partial charge >= 0.3 is 0 Å². The molecule has 1 N–H and O–H groups in total. The molecule has 3 nitrogen and oxygen atoms in total. The summed E-state index contributed by atoms with van der Waals surface area (Å²) in [5.41, 5.74) is 4.24. The number of fused-ring (bicyclic) bond motifs is 1. The van der Waals surface area contributed by atoms with E-state index in [0.717, 1.165) is 28.4 Å². The lowest BCUT2D eigenvalue weighted by molar-refractivity contribution is -0.116. The number of aryl methyl sites for hydroxylation is 1. The third-order valence-electron chi connectivity index (χ3n) is 3.53. The first-order valence-corrected chi connectivity index (χ1v) is 8.48. The van der Waals surface area contributed by atoms with Gasteiger partial charge in [0.25, 0.3) is 0 Å². The normalized spacial score (nSPS) is 13.8. The van der Waals surface area contributed by atoms with E-state index in [2.05, 4.69) is 28.2 Å². The molecule has 2 aromatic heterocycles. The largest absolute Gasteiger partial charge is 0.326 e. The van der Waals surface area contributed by atoms with Crippen LogP contribution in [0.25, 0.3) is 21.1 Å². The van der Waals surface area contributed by atoms with Crippen molar-refractivity contribution in [3.8, 4) is 21.1 Å². The van der Waals surface area contributed by atoms with E-state index in [4.69, 9.17) is 4.98 Å². The van der Waals surface area contributed by atoms with Crippen molar-refractivity contribution in [1.29, 1.82) is 0 Å². The van der Waals surface area contributed by atoms with Crippen molar-refractivity contribution in [3.05, 3.63) is 46.7 Å².